The first-order valence-corrected chi connectivity index (χ1v) is 5.86. The molecule has 0 aromatic heterocycles. The third kappa shape index (κ3) is 3.31. The van der Waals surface area contributed by atoms with Gasteiger partial charge in [-0.25, -0.2) is 4.39 Å². The minimum Gasteiger partial charge on any atom is -0.320 e. The molecule has 0 aromatic rings. The van der Waals surface area contributed by atoms with Crippen molar-refractivity contribution in [3.63, 3.8) is 0 Å². The molecule has 12 heavy (non-hydrogen) atoms. The normalized spacial score (nSPS) is 22.5. The largest absolute Gasteiger partial charge is 0.320 e. The van der Waals surface area contributed by atoms with Crippen LogP contribution in [0.15, 0.2) is 0 Å². The van der Waals surface area contributed by atoms with Gasteiger partial charge < -0.3 is 5.32 Å². The molecular weight excluding hydrogens is 173 g/mol. The highest BCUT2D eigenvalue weighted by molar-refractivity contribution is 7.99. The molecular formula is C9H18FNS. The second kappa shape index (κ2) is 5.81. The van der Waals surface area contributed by atoms with E-state index in [0.717, 1.165) is 30.9 Å². The zero-order valence-corrected chi connectivity index (χ0v) is 8.50. The molecule has 1 rings (SSSR count). The van der Waals surface area contributed by atoms with E-state index in [1.807, 2.05) is 18.8 Å². The molecule has 1 saturated heterocycles. The Kier molecular flexibility index (Phi) is 5.00. The number of halogens is 1. The number of hydrogen-bond acceptors (Lipinski definition) is 2. The monoisotopic (exact) mass is 191 g/mol. The van der Waals surface area contributed by atoms with Gasteiger partial charge in [0.1, 0.15) is 6.17 Å². The van der Waals surface area contributed by atoms with E-state index in [1.54, 1.807) is 0 Å². The van der Waals surface area contributed by atoms with Gasteiger partial charge in [-0.1, -0.05) is 0 Å². The van der Waals surface area contributed by atoms with Crippen molar-refractivity contribution in [3.05, 3.63) is 0 Å². The first-order chi connectivity index (χ1) is 5.84. The van der Waals surface area contributed by atoms with Crippen LogP contribution in [0.5, 0.6) is 0 Å². The molecule has 0 aromatic carbocycles. The lowest BCUT2D eigenvalue weighted by atomic mass is 9.95. The summed E-state index contributed by atoms with van der Waals surface area (Å²) in [5.41, 5.74) is 0. The maximum absolute atomic E-state index is 13.4. The second-order valence-electron chi connectivity index (χ2n) is 3.36. The van der Waals surface area contributed by atoms with E-state index in [2.05, 4.69) is 5.32 Å². The zero-order chi connectivity index (χ0) is 8.81. The fraction of sp³-hybridized carbons (Fsp3) is 1.00. The van der Waals surface area contributed by atoms with Crippen LogP contribution in [-0.2, 0) is 0 Å². The van der Waals surface area contributed by atoms with Gasteiger partial charge in [0.05, 0.1) is 0 Å². The van der Waals surface area contributed by atoms with Gasteiger partial charge in [-0.15, -0.1) is 0 Å². The van der Waals surface area contributed by atoms with Crippen molar-refractivity contribution in [1.29, 1.82) is 0 Å². The van der Waals surface area contributed by atoms with E-state index in [9.17, 15) is 4.39 Å². The van der Waals surface area contributed by atoms with E-state index in [4.69, 9.17) is 0 Å². The maximum atomic E-state index is 13.4. The molecule has 0 saturated carbocycles. The van der Waals surface area contributed by atoms with Crippen LogP contribution in [-0.4, -0.2) is 31.3 Å². The molecule has 3 heteroatoms. The zero-order valence-electron chi connectivity index (χ0n) is 7.68. The van der Waals surface area contributed by atoms with Gasteiger partial charge in [-0.3, -0.25) is 0 Å². The lowest BCUT2D eigenvalue weighted by Gasteiger charge is -2.24. The van der Waals surface area contributed by atoms with Crippen molar-refractivity contribution < 1.29 is 4.39 Å². The van der Waals surface area contributed by atoms with Gasteiger partial charge in [0.2, 0.25) is 0 Å². The lowest BCUT2D eigenvalue weighted by molar-refractivity contribution is 0.203. The summed E-state index contributed by atoms with van der Waals surface area (Å²) in [5.74, 6) is 2.66. The van der Waals surface area contributed by atoms with Crippen LogP contribution >= 0.6 is 11.8 Å². The summed E-state index contributed by atoms with van der Waals surface area (Å²) in [7, 11) is 1.88. The van der Waals surface area contributed by atoms with Crippen LogP contribution in [0, 0.1) is 5.92 Å². The Morgan fingerprint density at radius 1 is 1.50 bits per heavy atom. The lowest BCUT2D eigenvalue weighted by Crippen LogP contribution is -2.24. The Morgan fingerprint density at radius 2 is 2.17 bits per heavy atom. The van der Waals surface area contributed by atoms with E-state index in [1.165, 1.54) is 0 Å². The summed E-state index contributed by atoms with van der Waals surface area (Å²) in [6.07, 6.45) is 2.27. The number of rotatable bonds is 4. The van der Waals surface area contributed by atoms with Gasteiger partial charge >= 0.3 is 0 Å². The molecule has 1 N–H and O–H groups in total. The fourth-order valence-corrected chi connectivity index (χ4v) is 2.74. The van der Waals surface area contributed by atoms with E-state index >= 15 is 0 Å². The molecule has 72 valence electrons. The highest BCUT2D eigenvalue weighted by Gasteiger charge is 2.22. The van der Waals surface area contributed by atoms with Crippen molar-refractivity contribution in [2.75, 3.05) is 25.1 Å². The maximum Gasteiger partial charge on any atom is 0.104 e. The van der Waals surface area contributed by atoms with Gasteiger partial charge in [-0.2, -0.15) is 11.8 Å². The number of nitrogens with one attached hydrogen (secondary N) is 1. The van der Waals surface area contributed by atoms with Crippen LogP contribution in [0.4, 0.5) is 4.39 Å². The van der Waals surface area contributed by atoms with Crippen molar-refractivity contribution in [2.45, 2.75) is 25.4 Å². The van der Waals surface area contributed by atoms with Crippen molar-refractivity contribution in [1.82, 2.24) is 5.32 Å². The Morgan fingerprint density at radius 3 is 2.75 bits per heavy atom. The molecule has 1 unspecified atom stereocenters. The van der Waals surface area contributed by atoms with E-state index in [-0.39, 0.29) is 0 Å². The van der Waals surface area contributed by atoms with Crippen LogP contribution in [0.25, 0.3) is 0 Å². The van der Waals surface area contributed by atoms with Gasteiger partial charge in [0, 0.05) is 0 Å². The summed E-state index contributed by atoms with van der Waals surface area (Å²) in [5, 5.41) is 2.99. The minimum atomic E-state index is -0.571. The molecule has 0 amide bonds. The number of thioether (sulfide) groups is 1. The van der Waals surface area contributed by atoms with Crippen LogP contribution in [0.3, 0.4) is 0 Å². The number of alkyl halides is 1. The molecule has 1 aliphatic rings. The van der Waals surface area contributed by atoms with Crippen molar-refractivity contribution in [2.24, 2.45) is 5.92 Å². The summed E-state index contributed by atoms with van der Waals surface area (Å²) < 4.78 is 13.4. The summed E-state index contributed by atoms with van der Waals surface area (Å²) in [6.45, 7) is 0.810. The Balaban J connectivity index is 2.15. The molecule has 0 aliphatic carbocycles. The molecule has 0 spiro atoms. The second-order valence-corrected chi connectivity index (χ2v) is 4.58. The predicted octanol–water partition coefficient (Wildman–Crippen LogP) is 2.08. The first kappa shape index (κ1) is 10.3. The van der Waals surface area contributed by atoms with Crippen LogP contribution in [0.1, 0.15) is 19.3 Å². The Labute approximate surface area is 78.5 Å². The van der Waals surface area contributed by atoms with Crippen LogP contribution < -0.4 is 5.32 Å². The Bertz CT molecular complexity index is 115. The Hall–Kier alpha value is 0.240. The SMILES string of the molecule is CNCCC(F)C1CCSCC1. The smallest absolute Gasteiger partial charge is 0.104 e. The molecule has 0 radical (unpaired) electrons. The molecule has 1 nitrogen and oxygen atoms in total. The van der Waals surface area contributed by atoms with Crippen molar-refractivity contribution in [3.8, 4) is 0 Å². The standard InChI is InChI=1S/C9H18FNS/c1-11-5-2-9(10)8-3-6-12-7-4-8/h8-9,11H,2-7H2,1H3. The summed E-state index contributed by atoms with van der Waals surface area (Å²) in [4.78, 5) is 0. The van der Waals surface area contributed by atoms with E-state index < -0.39 is 6.17 Å². The topological polar surface area (TPSA) is 12.0 Å². The third-order valence-electron chi connectivity index (χ3n) is 2.45. The average molecular weight is 191 g/mol. The first-order valence-electron chi connectivity index (χ1n) is 4.71. The van der Waals surface area contributed by atoms with Crippen LogP contribution in [0.2, 0.25) is 0 Å². The quantitative estimate of drug-likeness (QED) is 0.730. The molecule has 1 aliphatic heterocycles. The van der Waals surface area contributed by atoms with Gasteiger partial charge in [0.25, 0.3) is 0 Å². The van der Waals surface area contributed by atoms with Gasteiger partial charge in [0.15, 0.2) is 0 Å². The van der Waals surface area contributed by atoms with Gasteiger partial charge in [-0.05, 0) is 50.3 Å². The average Bonchev–Trinajstić information content (AvgIpc) is 2.15. The number of hydrogen-bond donors (Lipinski definition) is 1. The predicted molar refractivity (Wildman–Crippen MR) is 53.5 cm³/mol. The summed E-state index contributed by atoms with van der Waals surface area (Å²) >= 11 is 1.96. The molecule has 1 fully saturated rings. The minimum absolute atomic E-state index is 0.347. The third-order valence-corrected chi connectivity index (χ3v) is 3.50. The highest BCUT2D eigenvalue weighted by atomic mass is 32.2. The van der Waals surface area contributed by atoms with Crippen molar-refractivity contribution >= 4 is 11.8 Å². The molecule has 1 heterocycles. The highest BCUT2D eigenvalue weighted by Crippen LogP contribution is 2.28. The fourth-order valence-electron chi connectivity index (χ4n) is 1.60. The summed E-state index contributed by atoms with van der Waals surface area (Å²) in [6, 6.07) is 0. The molecule has 0 bridgehead atoms. The van der Waals surface area contributed by atoms with E-state index in [0.29, 0.717) is 12.3 Å². The molecule has 1 atom stereocenters.